The molecular weight excluding hydrogens is 363 g/mol. The van der Waals surface area contributed by atoms with Crippen LogP contribution < -0.4 is 11.1 Å². The Morgan fingerprint density at radius 2 is 2.04 bits per heavy atom. The van der Waals surface area contributed by atoms with Crippen molar-refractivity contribution in [3.8, 4) is 0 Å². The van der Waals surface area contributed by atoms with Crippen LogP contribution in [0.3, 0.4) is 0 Å². The van der Waals surface area contributed by atoms with E-state index in [1.807, 2.05) is 6.07 Å². The van der Waals surface area contributed by atoms with E-state index in [0.29, 0.717) is 24.8 Å². The van der Waals surface area contributed by atoms with Crippen molar-refractivity contribution in [3.63, 3.8) is 0 Å². The summed E-state index contributed by atoms with van der Waals surface area (Å²) >= 11 is 0. The number of benzene rings is 2. The van der Waals surface area contributed by atoms with Crippen molar-refractivity contribution >= 4 is 18.3 Å². The Labute approximate surface area is 167 Å². The number of nitrogens with one attached hydrogen (secondary N) is 1. The molecule has 3 rings (SSSR count). The minimum atomic E-state index is -0.274. The van der Waals surface area contributed by atoms with Crippen LogP contribution in [0.2, 0.25) is 0 Å². The number of carbonyl (C=O) groups excluding carboxylic acids is 1. The summed E-state index contributed by atoms with van der Waals surface area (Å²) in [6, 6.07) is 13.8. The molecule has 1 aliphatic rings. The molecule has 5 heteroatoms. The van der Waals surface area contributed by atoms with Gasteiger partial charge in [0.2, 0.25) is 5.91 Å². The molecule has 1 amide bonds. The lowest BCUT2D eigenvalue weighted by Gasteiger charge is -2.35. The molecule has 146 valence electrons. The molecule has 0 aromatic heterocycles. The Hall–Kier alpha value is -1.91. The van der Waals surface area contributed by atoms with Gasteiger partial charge in [-0.05, 0) is 66.6 Å². The van der Waals surface area contributed by atoms with E-state index in [9.17, 15) is 9.18 Å². The first kappa shape index (κ1) is 21.4. The predicted molar refractivity (Wildman–Crippen MR) is 110 cm³/mol. The number of primary amides is 1. The lowest BCUT2D eigenvalue weighted by molar-refractivity contribution is -0.117. The second kappa shape index (κ2) is 9.86. The summed E-state index contributed by atoms with van der Waals surface area (Å²) in [5.41, 5.74) is 10.2. The van der Waals surface area contributed by atoms with Gasteiger partial charge in [0.05, 0.1) is 0 Å². The third-order valence-corrected chi connectivity index (χ3v) is 5.29. The van der Waals surface area contributed by atoms with Crippen LogP contribution in [0.5, 0.6) is 0 Å². The third-order valence-electron chi connectivity index (χ3n) is 5.29. The van der Waals surface area contributed by atoms with E-state index in [2.05, 4.69) is 30.4 Å². The first-order valence-electron chi connectivity index (χ1n) is 9.44. The molecule has 2 aromatic rings. The maximum absolute atomic E-state index is 13.6. The molecule has 2 unspecified atom stereocenters. The summed E-state index contributed by atoms with van der Waals surface area (Å²) in [6.45, 7) is 3.04. The van der Waals surface area contributed by atoms with Gasteiger partial charge in [0.15, 0.2) is 0 Å². The molecule has 2 atom stereocenters. The first-order valence-corrected chi connectivity index (χ1v) is 9.44. The molecule has 0 bridgehead atoms. The van der Waals surface area contributed by atoms with E-state index >= 15 is 0 Å². The second-order valence-electron chi connectivity index (χ2n) is 7.14. The largest absolute Gasteiger partial charge is 0.370 e. The van der Waals surface area contributed by atoms with Crippen molar-refractivity contribution in [1.29, 1.82) is 0 Å². The molecule has 0 radical (unpaired) electrons. The van der Waals surface area contributed by atoms with Gasteiger partial charge >= 0.3 is 0 Å². The van der Waals surface area contributed by atoms with Crippen LogP contribution in [-0.4, -0.2) is 18.5 Å². The fourth-order valence-electron chi connectivity index (χ4n) is 4.05. The number of carbonyl (C=O) groups is 1. The smallest absolute Gasteiger partial charge is 0.217 e. The van der Waals surface area contributed by atoms with E-state index in [0.717, 1.165) is 36.9 Å². The SMILES string of the molecule is CCNC1CCc2ccc(CCC(N)=O)cc2C1Cc1cccc(F)c1.Cl. The van der Waals surface area contributed by atoms with E-state index in [4.69, 9.17) is 5.73 Å². The van der Waals surface area contributed by atoms with Crippen LogP contribution in [0.25, 0.3) is 0 Å². The van der Waals surface area contributed by atoms with Gasteiger partial charge in [-0.3, -0.25) is 4.79 Å². The average molecular weight is 391 g/mol. The Kier molecular flexibility index (Phi) is 7.81. The summed E-state index contributed by atoms with van der Waals surface area (Å²) in [4.78, 5) is 11.1. The van der Waals surface area contributed by atoms with Gasteiger partial charge in [0.1, 0.15) is 5.82 Å². The minimum absolute atomic E-state index is 0. The molecule has 0 heterocycles. The number of fused-ring (bicyclic) bond motifs is 1. The molecule has 0 fully saturated rings. The fourth-order valence-corrected chi connectivity index (χ4v) is 4.05. The van der Waals surface area contributed by atoms with Crippen molar-refractivity contribution < 1.29 is 9.18 Å². The Bertz CT molecular complexity index is 781. The van der Waals surface area contributed by atoms with Crippen LogP contribution in [0.1, 0.15) is 47.9 Å². The lowest BCUT2D eigenvalue weighted by atomic mass is 9.75. The number of hydrogen-bond donors (Lipinski definition) is 2. The van der Waals surface area contributed by atoms with E-state index in [1.54, 1.807) is 12.1 Å². The van der Waals surface area contributed by atoms with E-state index in [-0.39, 0.29) is 24.1 Å². The van der Waals surface area contributed by atoms with Gasteiger partial charge in [-0.15, -0.1) is 12.4 Å². The molecule has 1 aliphatic carbocycles. The van der Waals surface area contributed by atoms with Crippen LogP contribution >= 0.6 is 12.4 Å². The van der Waals surface area contributed by atoms with Gasteiger partial charge < -0.3 is 11.1 Å². The summed E-state index contributed by atoms with van der Waals surface area (Å²) in [5.74, 6) is -0.160. The first-order chi connectivity index (χ1) is 12.6. The topological polar surface area (TPSA) is 55.1 Å². The molecule has 3 nitrogen and oxygen atoms in total. The maximum Gasteiger partial charge on any atom is 0.217 e. The van der Waals surface area contributed by atoms with Gasteiger partial charge in [-0.1, -0.05) is 37.3 Å². The number of likely N-dealkylation sites (N-methyl/N-ethyl adjacent to an activating group) is 1. The summed E-state index contributed by atoms with van der Waals surface area (Å²) in [7, 11) is 0. The van der Waals surface area contributed by atoms with Crippen molar-refractivity contribution in [2.45, 2.75) is 51.0 Å². The second-order valence-corrected chi connectivity index (χ2v) is 7.14. The summed E-state index contributed by atoms with van der Waals surface area (Å²) < 4.78 is 13.6. The Morgan fingerprint density at radius 1 is 1.22 bits per heavy atom. The molecular formula is C22H28ClFN2O. The van der Waals surface area contributed by atoms with Crippen molar-refractivity contribution in [2.24, 2.45) is 5.73 Å². The quantitative estimate of drug-likeness (QED) is 0.752. The number of aryl methyl sites for hydroxylation is 2. The molecule has 0 aliphatic heterocycles. The van der Waals surface area contributed by atoms with Crippen LogP contribution in [0.4, 0.5) is 4.39 Å². The van der Waals surface area contributed by atoms with Gasteiger partial charge in [-0.25, -0.2) is 4.39 Å². The van der Waals surface area contributed by atoms with Gasteiger partial charge in [-0.2, -0.15) is 0 Å². The van der Waals surface area contributed by atoms with Crippen molar-refractivity contribution in [3.05, 3.63) is 70.5 Å². The molecule has 0 spiro atoms. The Balaban J connectivity index is 0.00000261. The van der Waals surface area contributed by atoms with E-state index < -0.39 is 0 Å². The van der Waals surface area contributed by atoms with Crippen LogP contribution in [0.15, 0.2) is 42.5 Å². The molecule has 2 aromatic carbocycles. The number of rotatable bonds is 7. The lowest BCUT2D eigenvalue weighted by Crippen LogP contribution is -2.39. The van der Waals surface area contributed by atoms with Crippen LogP contribution in [-0.2, 0) is 24.1 Å². The molecule has 27 heavy (non-hydrogen) atoms. The highest BCUT2D eigenvalue weighted by atomic mass is 35.5. The minimum Gasteiger partial charge on any atom is -0.370 e. The monoisotopic (exact) mass is 390 g/mol. The van der Waals surface area contributed by atoms with Gasteiger partial charge in [0.25, 0.3) is 0 Å². The molecule has 0 saturated carbocycles. The predicted octanol–water partition coefficient (Wildman–Crippen LogP) is 3.92. The van der Waals surface area contributed by atoms with E-state index in [1.165, 1.54) is 17.2 Å². The Morgan fingerprint density at radius 3 is 2.74 bits per heavy atom. The van der Waals surface area contributed by atoms with Crippen molar-refractivity contribution in [2.75, 3.05) is 6.54 Å². The standard InChI is InChI=1S/C22H27FN2O.ClH/c1-2-25-21-10-9-17-8-6-15(7-11-22(24)26)13-19(17)20(21)14-16-4-3-5-18(23)12-16;/h3-6,8,12-13,20-21,25H,2,7,9-11,14H2,1H3,(H2,24,26);1H. The zero-order chi connectivity index (χ0) is 18.5. The van der Waals surface area contributed by atoms with Crippen LogP contribution in [0, 0.1) is 5.82 Å². The molecule has 3 N–H and O–H groups in total. The summed E-state index contributed by atoms with van der Waals surface area (Å²) in [6.07, 6.45) is 3.97. The highest BCUT2D eigenvalue weighted by molar-refractivity contribution is 5.85. The number of hydrogen-bond acceptors (Lipinski definition) is 2. The van der Waals surface area contributed by atoms with Crippen molar-refractivity contribution in [1.82, 2.24) is 5.32 Å². The third kappa shape index (κ3) is 5.53. The molecule has 0 saturated heterocycles. The fraction of sp³-hybridized carbons (Fsp3) is 0.409. The normalized spacial score (nSPS) is 18.4. The summed E-state index contributed by atoms with van der Waals surface area (Å²) in [5, 5.41) is 3.61. The highest BCUT2D eigenvalue weighted by Crippen LogP contribution is 2.35. The number of halogens is 2. The number of nitrogens with two attached hydrogens (primary N) is 1. The zero-order valence-electron chi connectivity index (χ0n) is 15.7. The average Bonchev–Trinajstić information content (AvgIpc) is 2.62. The highest BCUT2D eigenvalue weighted by Gasteiger charge is 2.29. The zero-order valence-corrected chi connectivity index (χ0v) is 16.5. The van der Waals surface area contributed by atoms with Gasteiger partial charge in [0, 0.05) is 18.4 Å². The maximum atomic E-state index is 13.6. The number of amides is 1.